The molecule has 0 unspecified atom stereocenters. The van der Waals surface area contributed by atoms with Gasteiger partial charge in [0.2, 0.25) is 0 Å². The molecule has 0 aliphatic heterocycles. The smallest absolute Gasteiger partial charge is 0.0620 e. The molecule has 0 spiro atoms. The molecule has 2 heterocycles. The first-order valence-electron chi connectivity index (χ1n) is 11.5. The fraction of sp³-hybridized carbons (Fsp3) is 0. The summed E-state index contributed by atoms with van der Waals surface area (Å²) in [4.78, 5) is 3.66. The number of fused-ring (bicyclic) bond motifs is 3. The number of rotatable bonds is 5. The van der Waals surface area contributed by atoms with Gasteiger partial charge >= 0.3 is 0 Å². The van der Waals surface area contributed by atoms with Gasteiger partial charge in [0.25, 0.3) is 0 Å². The Bertz CT molecular complexity index is 1650. The zero-order chi connectivity index (χ0) is 23.1. The van der Waals surface area contributed by atoms with Crippen molar-refractivity contribution in [1.29, 1.82) is 0 Å². The number of nitrogens with one attached hydrogen (secondary N) is 1. The van der Waals surface area contributed by atoms with Crippen molar-refractivity contribution in [2.75, 3.05) is 0 Å². The van der Waals surface area contributed by atoms with Crippen LogP contribution in [0.2, 0.25) is 0 Å². The van der Waals surface area contributed by atoms with Crippen LogP contribution in [-0.2, 0) is 0 Å². The summed E-state index contributed by atoms with van der Waals surface area (Å²) >= 11 is 0. The van der Waals surface area contributed by atoms with Gasteiger partial charge in [-0.25, -0.2) is 0 Å². The third-order valence-corrected chi connectivity index (χ3v) is 6.51. The highest BCUT2D eigenvalue weighted by molar-refractivity contribution is 6.19. The van der Waals surface area contributed by atoms with E-state index in [4.69, 9.17) is 0 Å². The van der Waals surface area contributed by atoms with Gasteiger partial charge in [0, 0.05) is 33.3 Å². The second-order valence-corrected chi connectivity index (χ2v) is 8.37. The van der Waals surface area contributed by atoms with Crippen LogP contribution in [0.5, 0.6) is 0 Å². The van der Waals surface area contributed by atoms with Crippen molar-refractivity contribution < 1.29 is 0 Å². The molecule has 0 fully saturated rings. The van der Waals surface area contributed by atoms with E-state index in [-0.39, 0.29) is 0 Å². The number of aromatic nitrogens is 2. The zero-order valence-corrected chi connectivity index (χ0v) is 18.8. The molecule has 0 bridgehead atoms. The van der Waals surface area contributed by atoms with Crippen LogP contribution >= 0.6 is 0 Å². The summed E-state index contributed by atoms with van der Waals surface area (Å²) in [5.74, 6) is 0. The molecule has 0 amide bonds. The Morgan fingerprint density at radius 1 is 0.647 bits per heavy atom. The highest BCUT2D eigenvalue weighted by Crippen LogP contribution is 2.46. The first-order valence-corrected chi connectivity index (χ1v) is 11.5. The van der Waals surface area contributed by atoms with E-state index < -0.39 is 0 Å². The fourth-order valence-electron chi connectivity index (χ4n) is 5.06. The van der Waals surface area contributed by atoms with Crippen LogP contribution in [0.15, 0.2) is 116 Å². The Balaban J connectivity index is 1.89. The Labute approximate surface area is 199 Å². The number of hydrogen-bond acceptors (Lipinski definition) is 0. The molecule has 0 aliphatic carbocycles. The van der Waals surface area contributed by atoms with Crippen LogP contribution in [0, 0.1) is 0 Å². The Hall–Kier alpha value is -4.56. The van der Waals surface area contributed by atoms with E-state index in [0.29, 0.717) is 0 Å². The molecule has 2 aromatic heterocycles. The second-order valence-electron chi connectivity index (χ2n) is 8.37. The fourth-order valence-corrected chi connectivity index (χ4v) is 5.06. The summed E-state index contributed by atoms with van der Waals surface area (Å²) in [5.41, 5.74) is 10.2. The highest BCUT2D eigenvalue weighted by Gasteiger charge is 2.24. The molecule has 0 aliphatic rings. The van der Waals surface area contributed by atoms with E-state index in [2.05, 4.69) is 126 Å². The van der Waals surface area contributed by atoms with E-state index in [9.17, 15) is 0 Å². The number of nitrogens with zero attached hydrogens (tertiary/aromatic N) is 1. The van der Waals surface area contributed by atoms with Crippen molar-refractivity contribution >= 4 is 34.0 Å². The predicted molar refractivity (Wildman–Crippen MR) is 146 cm³/mol. The zero-order valence-electron chi connectivity index (χ0n) is 18.8. The summed E-state index contributed by atoms with van der Waals surface area (Å²) in [7, 11) is 0. The molecule has 0 saturated carbocycles. The number of aromatic amines is 1. The van der Waals surface area contributed by atoms with E-state index in [1.807, 2.05) is 12.2 Å². The first kappa shape index (κ1) is 20.1. The summed E-state index contributed by atoms with van der Waals surface area (Å²) < 4.78 is 2.38. The van der Waals surface area contributed by atoms with Gasteiger partial charge in [0.1, 0.15) is 0 Å². The maximum absolute atomic E-state index is 4.07. The SMILES string of the molecule is C=Cc1[nH]c2c(ccc3c2c(-c2ccccc2)c(-c2ccccc2)n3-c2ccccc2)c1C=C. The molecule has 2 heteroatoms. The van der Waals surface area contributed by atoms with Crippen LogP contribution in [0.1, 0.15) is 11.3 Å². The van der Waals surface area contributed by atoms with Crippen LogP contribution in [0.4, 0.5) is 0 Å². The minimum absolute atomic E-state index is 0.991. The minimum Gasteiger partial charge on any atom is -0.354 e. The molecule has 6 aromatic rings. The van der Waals surface area contributed by atoms with Crippen molar-refractivity contribution in [2.45, 2.75) is 0 Å². The normalized spacial score (nSPS) is 11.2. The van der Waals surface area contributed by atoms with Crippen LogP contribution in [0.3, 0.4) is 0 Å². The van der Waals surface area contributed by atoms with Crippen molar-refractivity contribution in [2.24, 2.45) is 0 Å². The maximum Gasteiger partial charge on any atom is 0.0620 e. The molecule has 0 saturated heterocycles. The lowest BCUT2D eigenvalue weighted by atomic mass is 9.97. The average molecular weight is 437 g/mol. The van der Waals surface area contributed by atoms with E-state index >= 15 is 0 Å². The van der Waals surface area contributed by atoms with Gasteiger partial charge in [-0.1, -0.05) is 104 Å². The third-order valence-electron chi connectivity index (χ3n) is 6.51. The van der Waals surface area contributed by atoms with Crippen molar-refractivity contribution in [1.82, 2.24) is 9.55 Å². The molecule has 1 N–H and O–H groups in total. The Morgan fingerprint density at radius 2 is 1.26 bits per heavy atom. The molecule has 0 radical (unpaired) electrons. The monoisotopic (exact) mass is 436 g/mol. The van der Waals surface area contributed by atoms with Gasteiger partial charge in [-0.2, -0.15) is 0 Å². The van der Waals surface area contributed by atoms with E-state index in [1.165, 1.54) is 27.8 Å². The summed E-state index contributed by atoms with van der Waals surface area (Å²) in [5, 5.41) is 2.35. The van der Waals surface area contributed by atoms with Crippen LogP contribution in [0.25, 0.3) is 62.0 Å². The van der Waals surface area contributed by atoms with E-state index in [1.54, 1.807) is 0 Å². The summed E-state index contributed by atoms with van der Waals surface area (Å²) in [6.45, 7) is 8.10. The number of H-pyrrole nitrogens is 1. The standard InChI is InChI=1S/C32H24N2/c1-3-25-26-20-21-28-30(31(26)33-27(25)4-2)29(22-14-8-5-9-15-22)32(23-16-10-6-11-17-23)34(28)24-18-12-7-13-19-24/h3-21,33H,1-2H2. The van der Waals surface area contributed by atoms with Gasteiger partial charge < -0.3 is 9.55 Å². The van der Waals surface area contributed by atoms with Gasteiger partial charge in [0.05, 0.1) is 16.7 Å². The molecular weight excluding hydrogens is 412 g/mol. The largest absolute Gasteiger partial charge is 0.354 e. The lowest BCUT2D eigenvalue weighted by Gasteiger charge is -2.13. The topological polar surface area (TPSA) is 20.7 Å². The van der Waals surface area contributed by atoms with Crippen molar-refractivity contribution in [3.63, 3.8) is 0 Å². The molecule has 6 rings (SSSR count). The van der Waals surface area contributed by atoms with Crippen LogP contribution < -0.4 is 0 Å². The number of hydrogen-bond donors (Lipinski definition) is 1. The number of para-hydroxylation sites is 1. The molecule has 2 nitrogen and oxygen atoms in total. The van der Waals surface area contributed by atoms with Gasteiger partial charge in [0.15, 0.2) is 0 Å². The molecular formula is C32H24N2. The third kappa shape index (κ3) is 2.96. The van der Waals surface area contributed by atoms with E-state index in [0.717, 1.165) is 33.4 Å². The molecule has 0 atom stereocenters. The highest BCUT2D eigenvalue weighted by atomic mass is 15.0. The Kier molecular flexibility index (Phi) is 4.78. The molecule has 34 heavy (non-hydrogen) atoms. The van der Waals surface area contributed by atoms with Gasteiger partial charge in [-0.05, 0) is 35.4 Å². The minimum atomic E-state index is 0.991. The average Bonchev–Trinajstić information content (AvgIpc) is 3.45. The van der Waals surface area contributed by atoms with Gasteiger partial charge in [-0.3, -0.25) is 0 Å². The molecule has 4 aromatic carbocycles. The lowest BCUT2D eigenvalue weighted by molar-refractivity contribution is 1.14. The Morgan fingerprint density at radius 3 is 1.88 bits per heavy atom. The van der Waals surface area contributed by atoms with Crippen molar-refractivity contribution in [3.05, 3.63) is 128 Å². The molecule has 162 valence electrons. The van der Waals surface area contributed by atoms with Crippen LogP contribution in [-0.4, -0.2) is 9.55 Å². The second kappa shape index (κ2) is 8.09. The van der Waals surface area contributed by atoms with Crippen molar-refractivity contribution in [3.8, 4) is 28.1 Å². The lowest BCUT2D eigenvalue weighted by Crippen LogP contribution is -1.97. The quantitative estimate of drug-likeness (QED) is 0.279. The summed E-state index contributed by atoms with van der Waals surface area (Å²) in [6, 6.07) is 36.3. The number of benzene rings is 4. The first-order chi connectivity index (χ1) is 16.8. The van der Waals surface area contributed by atoms with Gasteiger partial charge in [-0.15, -0.1) is 0 Å². The predicted octanol–water partition coefficient (Wildman–Crippen LogP) is 8.73. The summed E-state index contributed by atoms with van der Waals surface area (Å²) in [6.07, 6.45) is 3.79. The maximum atomic E-state index is 4.07.